The molecular weight excluding hydrogens is 302 g/mol. The molecule has 2 amide bonds. The van der Waals surface area contributed by atoms with Crippen LogP contribution in [0.15, 0.2) is 18.2 Å². The third-order valence-electron chi connectivity index (χ3n) is 3.93. The lowest BCUT2D eigenvalue weighted by molar-refractivity contribution is -0.126. The molecule has 6 heteroatoms. The molecule has 120 valence electrons. The van der Waals surface area contributed by atoms with Gasteiger partial charge >= 0.3 is 0 Å². The normalized spacial score (nSPS) is 18.1. The van der Waals surface area contributed by atoms with Gasteiger partial charge in [0.2, 0.25) is 5.91 Å². The standard InChI is InChI=1S/C16H22ClN3O2/c1-11-9-12(4-5-14(11)17)16(22)20-8-2-3-13(10-20)15(21)19-7-6-18/h4-5,9,13H,2-3,6-8,10,18H2,1H3,(H,19,21). The summed E-state index contributed by atoms with van der Waals surface area (Å²) in [5.74, 6) is -0.219. The summed E-state index contributed by atoms with van der Waals surface area (Å²) in [4.78, 5) is 26.4. The summed E-state index contributed by atoms with van der Waals surface area (Å²) in [6.07, 6.45) is 1.64. The number of nitrogens with one attached hydrogen (secondary N) is 1. The summed E-state index contributed by atoms with van der Waals surface area (Å²) >= 11 is 6.00. The van der Waals surface area contributed by atoms with Gasteiger partial charge in [-0.05, 0) is 43.5 Å². The molecule has 3 N–H and O–H groups in total. The Labute approximate surface area is 135 Å². The molecule has 1 unspecified atom stereocenters. The van der Waals surface area contributed by atoms with Gasteiger partial charge in [-0.2, -0.15) is 0 Å². The van der Waals surface area contributed by atoms with Crippen molar-refractivity contribution in [1.82, 2.24) is 10.2 Å². The molecule has 1 aliphatic heterocycles. The number of aryl methyl sites for hydroxylation is 1. The fraction of sp³-hybridized carbons (Fsp3) is 0.500. The molecular formula is C16H22ClN3O2. The fourth-order valence-corrected chi connectivity index (χ4v) is 2.79. The van der Waals surface area contributed by atoms with Crippen molar-refractivity contribution in [2.75, 3.05) is 26.2 Å². The molecule has 22 heavy (non-hydrogen) atoms. The van der Waals surface area contributed by atoms with Crippen LogP contribution in [0.5, 0.6) is 0 Å². The Kier molecular flexibility index (Phi) is 5.80. The summed E-state index contributed by atoms with van der Waals surface area (Å²) in [5.41, 5.74) is 6.89. The summed E-state index contributed by atoms with van der Waals surface area (Å²) in [7, 11) is 0. The molecule has 1 saturated heterocycles. The Morgan fingerprint density at radius 2 is 2.23 bits per heavy atom. The topological polar surface area (TPSA) is 75.4 Å². The van der Waals surface area contributed by atoms with Crippen molar-refractivity contribution in [3.05, 3.63) is 34.3 Å². The molecule has 1 atom stereocenters. The lowest BCUT2D eigenvalue weighted by atomic mass is 9.96. The highest BCUT2D eigenvalue weighted by Gasteiger charge is 2.28. The zero-order valence-corrected chi connectivity index (χ0v) is 13.5. The van der Waals surface area contributed by atoms with Gasteiger partial charge in [0.15, 0.2) is 0 Å². The van der Waals surface area contributed by atoms with Crippen molar-refractivity contribution in [2.24, 2.45) is 11.7 Å². The Morgan fingerprint density at radius 3 is 2.91 bits per heavy atom. The van der Waals surface area contributed by atoms with Crippen molar-refractivity contribution in [3.63, 3.8) is 0 Å². The molecule has 1 heterocycles. The minimum absolute atomic E-state index is 0.0183. The highest BCUT2D eigenvalue weighted by atomic mass is 35.5. The largest absolute Gasteiger partial charge is 0.355 e. The van der Waals surface area contributed by atoms with Gasteiger partial charge in [0.05, 0.1) is 5.92 Å². The number of rotatable bonds is 4. The number of halogens is 1. The van der Waals surface area contributed by atoms with Crippen LogP contribution >= 0.6 is 11.6 Å². The molecule has 5 nitrogen and oxygen atoms in total. The summed E-state index contributed by atoms with van der Waals surface area (Å²) in [5, 5.41) is 3.45. The first-order valence-electron chi connectivity index (χ1n) is 7.56. The number of carbonyl (C=O) groups excluding carboxylic acids is 2. The molecule has 0 radical (unpaired) electrons. The Hall–Kier alpha value is -1.59. The number of hydrogen-bond donors (Lipinski definition) is 2. The third kappa shape index (κ3) is 3.99. The second kappa shape index (κ2) is 7.61. The quantitative estimate of drug-likeness (QED) is 0.883. The number of piperidine rings is 1. The van der Waals surface area contributed by atoms with Crippen molar-refractivity contribution >= 4 is 23.4 Å². The van der Waals surface area contributed by atoms with Crippen molar-refractivity contribution < 1.29 is 9.59 Å². The number of carbonyl (C=O) groups is 2. The molecule has 1 aliphatic rings. The van der Waals surface area contributed by atoms with Crippen LogP contribution in [0.1, 0.15) is 28.8 Å². The monoisotopic (exact) mass is 323 g/mol. The van der Waals surface area contributed by atoms with Crippen molar-refractivity contribution in [2.45, 2.75) is 19.8 Å². The van der Waals surface area contributed by atoms with Crippen LogP contribution in [-0.4, -0.2) is 42.9 Å². The highest BCUT2D eigenvalue weighted by Crippen LogP contribution is 2.21. The van der Waals surface area contributed by atoms with E-state index in [0.717, 1.165) is 18.4 Å². The van der Waals surface area contributed by atoms with E-state index in [9.17, 15) is 9.59 Å². The number of benzene rings is 1. The lowest BCUT2D eigenvalue weighted by Gasteiger charge is -2.32. The second-order valence-electron chi connectivity index (χ2n) is 5.63. The zero-order valence-electron chi connectivity index (χ0n) is 12.8. The van der Waals surface area contributed by atoms with Crippen LogP contribution in [0.4, 0.5) is 0 Å². The van der Waals surface area contributed by atoms with Crippen LogP contribution in [0, 0.1) is 12.8 Å². The van der Waals surface area contributed by atoms with E-state index in [4.69, 9.17) is 17.3 Å². The van der Waals surface area contributed by atoms with Crippen LogP contribution in [0.25, 0.3) is 0 Å². The van der Waals surface area contributed by atoms with Gasteiger partial charge < -0.3 is 16.0 Å². The van der Waals surface area contributed by atoms with Gasteiger partial charge in [-0.3, -0.25) is 9.59 Å². The molecule has 0 aliphatic carbocycles. The SMILES string of the molecule is Cc1cc(C(=O)N2CCCC(C(=O)NCCN)C2)ccc1Cl. The average molecular weight is 324 g/mol. The number of amides is 2. The maximum absolute atomic E-state index is 12.6. The molecule has 1 fully saturated rings. The highest BCUT2D eigenvalue weighted by molar-refractivity contribution is 6.31. The molecule has 1 aromatic rings. The van der Waals surface area contributed by atoms with Crippen LogP contribution in [0.3, 0.4) is 0 Å². The molecule has 0 saturated carbocycles. The van der Waals surface area contributed by atoms with Gasteiger partial charge in [-0.15, -0.1) is 0 Å². The van der Waals surface area contributed by atoms with Gasteiger partial charge in [0.1, 0.15) is 0 Å². The number of likely N-dealkylation sites (tertiary alicyclic amines) is 1. The maximum Gasteiger partial charge on any atom is 0.253 e. The average Bonchev–Trinajstić information content (AvgIpc) is 2.54. The van der Waals surface area contributed by atoms with Crippen molar-refractivity contribution in [1.29, 1.82) is 0 Å². The summed E-state index contributed by atoms with van der Waals surface area (Å²) < 4.78 is 0. The van der Waals surface area contributed by atoms with Gasteiger partial charge in [-0.1, -0.05) is 11.6 Å². The smallest absolute Gasteiger partial charge is 0.253 e. The lowest BCUT2D eigenvalue weighted by Crippen LogP contribution is -2.46. The molecule has 0 aromatic heterocycles. The Balaban J connectivity index is 2.03. The molecule has 2 rings (SSSR count). The van der Waals surface area contributed by atoms with Gasteiger partial charge in [0.25, 0.3) is 5.91 Å². The first kappa shape index (κ1) is 16.8. The predicted octanol–water partition coefficient (Wildman–Crippen LogP) is 1.58. The van der Waals surface area contributed by atoms with E-state index < -0.39 is 0 Å². The van der Waals surface area contributed by atoms with Crippen LogP contribution in [-0.2, 0) is 4.79 Å². The first-order chi connectivity index (χ1) is 10.5. The van der Waals surface area contributed by atoms with Crippen LogP contribution < -0.4 is 11.1 Å². The second-order valence-corrected chi connectivity index (χ2v) is 6.04. The molecule has 1 aromatic carbocycles. The summed E-state index contributed by atoms with van der Waals surface area (Å²) in [6.45, 7) is 3.90. The van der Waals surface area contributed by atoms with E-state index >= 15 is 0 Å². The third-order valence-corrected chi connectivity index (χ3v) is 4.35. The molecule has 0 spiro atoms. The first-order valence-corrected chi connectivity index (χ1v) is 7.94. The number of hydrogen-bond acceptors (Lipinski definition) is 3. The van der Waals surface area contributed by atoms with Gasteiger partial charge in [-0.25, -0.2) is 0 Å². The number of nitrogens with zero attached hydrogens (tertiary/aromatic N) is 1. The predicted molar refractivity (Wildman–Crippen MR) is 86.9 cm³/mol. The van der Waals surface area contributed by atoms with E-state index in [2.05, 4.69) is 5.32 Å². The number of nitrogens with two attached hydrogens (primary N) is 1. The Bertz CT molecular complexity index is 562. The van der Waals surface area contributed by atoms with E-state index in [-0.39, 0.29) is 17.7 Å². The minimum Gasteiger partial charge on any atom is -0.355 e. The van der Waals surface area contributed by atoms with Gasteiger partial charge in [0, 0.05) is 36.8 Å². The summed E-state index contributed by atoms with van der Waals surface area (Å²) in [6, 6.07) is 5.26. The van der Waals surface area contributed by atoms with E-state index in [0.29, 0.717) is 36.8 Å². The zero-order chi connectivity index (χ0) is 16.1. The maximum atomic E-state index is 12.6. The Morgan fingerprint density at radius 1 is 1.45 bits per heavy atom. The molecule has 0 bridgehead atoms. The van der Waals surface area contributed by atoms with Crippen molar-refractivity contribution in [3.8, 4) is 0 Å². The van der Waals surface area contributed by atoms with E-state index in [1.165, 1.54) is 0 Å². The fourth-order valence-electron chi connectivity index (χ4n) is 2.68. The van der Waals surface area contributed by atoms with E-state index in [1.54, 1.807) is 23.1 Å². The van der Waals surface area contributed by atoms with Crippen LogP contribution in [0.2, 0.25) is 5.02 Å². The van der Waals surface area contributed by atoms with E-state index in [1.807, 2.05) is 6.92 Å². The minimum atomic E-state index is -0.155.